The summed E-state index contributed by atoms with van der Waals surface area (Å²) in [6.45, 7) is 3.73. The molecule has 0 aromatic carbocycles. The molecule has 1 aliphatic heterocycles. The first kappa shape index (κ1) is 9.97. The SMILES string of the molecule is CC(N)(C(=O)N1CCCCC1)C1CC1. The Labute approximate surface area is 85.6 Å². The third kappa shape index (κ3) is 1.78. The van der Waals surface area contributed by atoms with Gasteiger partial charge in [-0.2, -0.15) is 0 Å². The lowest BCUT2D eigenvalue weighted by atomic mass is 9.94. The molecule has 0 aromatic rings. The molecular formula is C11H20N2O. The number of carbonyl (C=O) groups excluding carboxylic acids is 1. The standard InChI is InChI=1S/C11H20N2O/c1-11(12,9-5-6-9)10(14)13-7-3-2-4-8-13/h9H,2-8,12H2,1H3. The van der Waals surface area contributed by atoms with Crippen molar-refractivity contribution < 1.29 is 4.79 Å². The predicted octanol–water partition coefficient (Wildman–Crippen LogP) is 1.13. The van der Waals surface area contributed by atoms with Gasteiger partial charge in [0.1, 0.15) is 0 Å². The summed E-state index contributed by atoms with van der Waals surface area (Å²) in [7, 11) is 0. The highest BCUT2D eigenvalue weighted by Gasteiger charge is 2.45. The third-order valence-electron chi connectivity index (χ3n) is 3.53. The minimum absolute atomic E-state index is 0.180. The van der Waals surface area contributed by atoms with Gasteiger partial charge in [0.15, 0.2) is 0 Å². The Morgan fingerprint density at radius 3 is 2.36 bits per heavy atom. The fourth-order valence-electron chi connectivity index (χ4n) is 2.30. The van der Waals surface area contributed by atoms with Crippen LogP contribution in [0.2, 0.25) is 0 Å². The number of hydrogen-bond acceptors (Lipinski definition) is 2. The average Bonchev–Trinajstić information content (AvgIpc) is 3.01. The van der Waals surface area contributed by atoms with Crippen molar-refractivity contribution >= 4 is 5.91 Å². The lowest BCUT2D eigenvalue weighted by Gasteiger charge is -2.34. The van der Waals surface area contributed by atoms with Gasteiger partial charge in [-0.25, -0.2) is 0 Å². The molecule has 1 atom stereocenters. The van der Waals surface area contributed by atoms with E-state index in [1.807, 2.05) is 11.8 Å². The summed E-state index contributed by atoms with van der Waals surface area (Å²) < 4.78 is 0. The van der Waals surface area contributed by atoms with E-state index in [4.69, 9.17) is 5.73 Å². The van der Waals surface area contributed by atoms with E-state index in [9.17, 15) is 4.79 Å². The van der Waals surface area contributed by atoms with Gasteiger partial charge in [-0.05, 0) is 44.9 Å². The van der Waals surface area contributed by atoms with E-state index in [1.165, 1.54) is 6.42 Å². The van der Waals surface area contributed by atoms with Crippen LogP contribution in [0, 0.1) is 5.92 Å². The van der Waals surface area contributed by atoms with Crippen LogP contribution in [0.5, 0.6) is 0 Å². The Kier molecular flexibility index (Phi) is 2.52. The van der Waals surface area contributed by atoms with Gasteiger partial charge in [-0.1, -0.05) is 0 Å². The van der Waals surface area contributed by atoms with Crippen LogP contribution >= 0.6 is 0 Å². The number of carbonyl (C=O) groups is 1. The van der Waals surface area contributed by atoms with E-state index < -0.39 is 5.54 Å². The maximum atomic E-state index is 12.1. The second-order valence-corrected chi connectivity index (χ2v) is 4.91. The monoisotopic (exact) mass is 196 g/mol. The number of piperidine rings is 1. The van der Waals surface area contributed by atoms with Gasteiger partial charge in [0.05, 0.1) is 5.54 Å². The number of hydrogen-bond donors (Lipinski definition) is 1. The summed E-state index contributed by atoms with van der Waals surface area (Å²) in [5.74, 6) is 0.622. The Balaban J connectivity index is 1.98. The van der Waals surface area contributed by atoms with Crippen LogP contribution in [0.4, 0.5) is 0 Å². The first-order chi connectivity index (χ1) is 6.62. The van der Waals surface area contributed by atoms with Crippen LogP contribution in [0.25, 0.3) is 0 Å². The van der Waals surface area contributed by atoms with E-state index >= 15 is 0 Å². The largest absolute Gasteiger partial charge is 0.341 e. The van der Waals surface area contributed by atoms with Crippen LogP contribution in [0.15, 0.2) is 0 Å². The van der Waals surface area contributed by atoms with E-state index in [0.717, 1.165) is 38.8 Å². The molecule has 0 bridgehead atoms. The zero-order chi connectivity index (χ0) is 10.2. The van der Waals surface area contributed by atoms with Gasteiger partial charge in [0.2, 0.25) is 5.91 Å². The van der Waals surface area contributed by atoms with Crippen LogP contribution in [-0.2, 0) is 4.79 Å². The molecule has 2 N–H and O–H groups in total. The number of rotatable bonds is 2. The maximum absolute atomic E-state index is 12.1. The fourth-order valence-corrected chi connectivity index (χ4v) is 2.30. The normalized spacial score (nSPS) is 27.1. The molecule has 3 nitrogen and oxygen atoms in total. The van der Waals surface area contributed by atoms with Crippen molar-refractivity contribution in [3.63, 3.8) is 0 Å². The second-order valence-electron chi connectivity index (χ2n) is 4.91. The average molecular weight is 196 g/mol. The van der Waals surface area contributed by atoms with Crippen molar-refractivity contribution in [3.05, 3.63) is 0 Å². The van der Waals surface area contributed by atoms with E-state index in [1.54, 1.807) is 0 Å². The molecule has 0 radical (unpaired) electrons. The minimum atomic E-state index is -0.586. The van der Waals surface area contributed by atoms with Crippen LogP contribution in [0.3, 0.4) is 0 Å². The number of nitrogens with two attached hydrogens (primary N) is 1. The van der Waals surface area contributed by atoms with E-state index in [2.05, 4.69) is 0 Å². The van der Waals surface area contributed by atoms with Crippen molar-refractivity contribution in [1.82, 2.24) is 4.90 Å². The summed E-state index contributed by atoms with van der Waals surface area (Å²) in [6.07, 6.45) is 5.81. The van der Waals surface area contributed by atoms with Crippen LogP contribution < -0.4 is 5.73 Å². The van der Waals surface area contributed by atoms with E-state index in [-0.39, 0.29) is 5.91 Å². The molecule has 2 fully saturated rings. The van der Waals surface area contributed by atoms with Crippen LogP contribution in [-0.4, -0.2) is 29.4 Å². The molecule has 1 unspecified atom stereocenters. The minimum Gasteiger partial charge on any atom is -0.341 e. The van der Waals surface area contributed by atoms with Crippen molar-refractivity contribution in [2.24, 2.45) is 11.7 Å². The highest BCUT2D eigenvalue weighted by molar-refractivity contribution is 5.86. The zero-order valence-electron chi connectivity index (χ0n) is 8.96. The molecule has 1 saturated carbocycles. The molecule has 1 amide bonds. The molecule has 1 aliphatic carbocycles. The van der Waals surface area contributed by atoms with Gasteiger partial charge >= 0.3 is 0 Å². The lowest BCUT2D eigenvalue weighted by Crippen LogP contribution is -2.55. The molecule has 1 heterocycles. The first-order valence-corrected chi connectivity index (χ1v) is 5.70. The van der Waals surface area contributed by atoms with Crippen LogP contribution in [0.1, 0.15) is 39.0 Å². The molecule has 3 heteroatoms. The van der Waals surface area contributed by atoms with E-state index in [0.29, 0.717) is 5.92 Å². The molecule has 0 spiro atoms. The molecule has 2 rings (SSSR count). The fraction of sp³-hybridized carbons (Fsp3) is 0.909. The first-order valence-electron chi connectivity index (χ1n) is 5.70. The molecule has 80 valence electrons. The van der Waals surface area contributed by atoms with Gasteiger partial charge in [-0.15, -0.1) is 0 Å². The quantitative estimate of drug-likeness (QED) is 0.719. The second kappa shape index (κ2) is 3.54. The molecule has 1 saturated heterocycles. The van der Waals surface area contributed by atoms with Crippen molar-refractivity contribution in [3.8, 4) is 0 Å². The number of nitrogens with zero attached hydrogens (tertiary/aromatic N) is 1. The van der Waals surface area contributed by atoms with Crippen molar-refractivity contribution in [2.75, 3.05) is 13.1 Å². The summed E-state index contributed by atoms with van der Waals surface area (Å²) >= 11 is 0. The van der Waals surface area contributed by atoms with Crippen molar-refractivity contribution in [2.45, 2.75) is 44.6 Å². The Morgan fingerprint density at radius 1 is 1.29 bits per heavy atom. The molecule has 14 heavy (non-hydrogen) atoms. The Morgan fingerprint density at radius 2 is 1.86 bits per heavy atom. The molecule has 0 aromatic heterocycles. The smallest absolute Gasteiger partial charge is 0.242 e. The molecule has 2 aliphatic rings. The van der Waals surface area contributed by atoms with Gasteiger partial charge < -0.3 is 10.6 Å². The maximum Gasteiger partial charge on any atom is 0.242 e. The highest BCUT2D eigenvalue weighted by Crippen LogP contribution is 2.39. The van der Waals surface area contributed by atoms with Gasteiger partial charge in [0, 0.05) is 13.1 Å². The summed E-state index contributed by atoms with van der Waals surface area (Å²) in [5, 5.41) is 0. The topological polar surface area (TPSA) is 46.3 Å². The number of amides is 1. The van der Waals surface area contributed by atoms with Gasteiger partial charge in [0.25, 0.3) is 0 Å². The highest BCUT2D eigenvalue weighted by atomic mass is 16.2. The summed E-state index contributed by atoms with van der Waals surface area (Å²) in [5.41, 5.74) is 5.52. The predicted molar refractivity (Wildman–Crippen MR) is 55.7 cm³/mol. The molecular weight excluding hydrogens is 176 g/mol. The Bertz CT molecular complexity index is 227. The van der Waals surface area contributed by atoms with Gasteiger partial charge in [-0.3, -0.25) is 4.79 Å². The summed E-state index contributed by atoms with van der Waals surface area (Å²) in [4.78, 5) is 14.1. The zero-order valence-corrected chi connectivity index (χ0v) is 8.96. The van der Waals surface area contributed by atoms with Crippen molar-refractivity contribution in [1.29, 1.82) is 0 Å². The Hall–Kier alpha value is -0.570. The third-order valence-corrected chi connectivity index (χ3v) is 3.53. The summed E-state index contributed by atoms with van der Waals surface area (Å²) in [6, 6.07) is 0. The lowest BCUT2D eigenvalue weighted by molar-refractivity contribution is -0.138. The number of likely N-dealkylation sites (tertiary alicyclic amines) is 1.